The predicted octanol–water partition coefficient (Wildman–Crippen LogP) is 4.59. The molecule has 2 rings (SSSR count). The maximum atomic E-state index is 13.1. The second-order valence-electron chi connectivity index (χ2n) is 3.59. The highest BCUT2D eigenvalue weighted by Gasteiger charge is 2.00. The van der Waals surface area contributed by atoms with E-state index in [1.807, 2.05) is 6.07 Å². The summed E-state index contributed by atoms with van der Waals surface area (Å²) < 4.78 is 14.2. The van der Waals surface area contributed by atoms with Crippen molar-refractivity contribution in [2.75, 3.05) is 0 Å². The summed E-state index contributed by atoms with van der Waals surface area (Å²) in [7, 11) is 0. The molecule has 17 heavy (non-hydrogen) atoms. The van der Waals surface area contributed by atoms with Gasteiger partial charge in [0.25, 0.3) is 0 Å². The number of hydrogen-bond acceptors (Lipinski definition) is 2. The number of hydrogen-bond donors (Lipinski definition) is 1. The van der Waals surface area contributed by atoms with Crippen LogP contribution >= 0.6 is 38.9 Å². The first-order chi connectivity index (χ1) is 8.13. The van der Waals surface area contributed by atoms with Crippen LogP contribution in [0.4, 0.5) is 4.39 Å². The Morgan fingerprint density at radius 2 is 2.06 bits per heavy atom. The van der Waals surface area contributed by atoms with E-state index in [9.17, 15) is 4.39 Å². The van der Waals surface area contributed by atoms with Gasteiger partial charge in [0, 0.05) is 23.0 Å². The fourth-order valence-electron chi connectivity index (χ4n) is 1.49. The third-order valence-corrected chi connectivity index (χ3v) is 4.02. The lowest BCUT2D eigenvalue weighted by Crippen LogP contribution is -2.11. The van der Waals surface area contributed by atoms with E-state index in [1.165, 1.54) is 17.0 Å². The van der Waals surface area contributed by atoms with Gasteiger partial charge in [-0.25, -0.2) is 4.39 Å². The van der Waals surface area contributed by atoms with Gasteiger partial charge in [-0.2, -0.15) is 0 Å². The van der Waals surface area contributed by atoms with Crippen LogP contribution in [-0.4, -0.2) is 0 Å². The molecule has 0 atom stereocenters. The van der Waals surface area contributed by atoms with E-state index in [4.69, 9.17) is 11.6 Å². The topological polar surface area (TPSA) is 12.0 Å². The van der Waals surface area contributed by atoms with Crippen LogP contribution in [0.2, 0.25) is 5.02 Å². The summed E-state index contributed by atoms with van der Waals surface area (Å²) in [5.41, 5.74) is 0.852. The Bertz CT molecular complexity index is 495. The Balaban J connectivity index is 1.89. The molecule has 0 fully saturated rings. The Hall–Kier alpha value is -0.420. The van der Waals surface area contributed by atoms with Gasteiger partial charge in [0.1, 0.15) is 5.82 Å². The first-order valence-electron chi connectivity index (χ1n) is 5.03. The molecule has 0 aliphatic rings. The average Bonchev–Trinajstić information content (AvgIpc) is 2.63. The van der Waals surface area contributed by atoms with Crippen molar-refractivity contribution in [1.82, 2.24) is 5.32 Å². The molecule has 1 heterocycles. The van der Waals surface area contributed by atoms with Crippen LogP contribution < -0.4 is 5.32 Å². The average molecular weight is 335 g/mol. The van der Waals surface area contributed by atoms with Crippen molar-refractivity contribution in [2.24, 2.45) is 0 Å². The molecule has 0 aliphatic heterocycles. The van der Waals surface area contributed by atoms with Crippen molar-refractivity contribution in [1.29, 1.82) is 0 Å². The number of halogens is 3. The SMILES string of the molecule is Fc1cc(Cl)cc(CNCc2ccc(Br)s2)c1. The fourth-order valence-corrected chi connectivity index (χ4v) is 3.19. The van der Waals surface area contributed by atoms with E-state index in [0.29, 0.717) is 11.6 Å². The van der Waals surface area contributed by atoms with Gasteiger partial charge in [-0.15, -0.1) is 11.3 Å². The minimum atomic E-state index is -0.298. The molecule has 2 aromatic rings. The highest BCUT2D eigenvalue weighted by Crippen LogP contribution is 2.22. The molecule has 90 valence electrons. The third-order valence-electron chi connectivity index (χ3n) is 2.18. The van der Waals surface area contributed by atoms with E-state index in [2.05, 4.69) is 27.3 Å². The number of rotatable bonds is 4. The molecule has 1 N–H and O–H groups in total. The smallest absolute Gasteiger partial charge is 0.125 e. The molecule has 0 amide bonds. The molecule has 5 heteroatoms. The molecule has 0 spiro atoms. The van der Waals surface area contributed by atoms with Crippen LogP contribution in [0.15, 0.2) is 34.1 Å². The molecule has 0 saturated heterocycles. The highest BCUT2D eigenvalue weighted by atomic mass is 79.9. The van der Waals surface area contributed by atoms with Crippen LogP contribution in [0.25, 0.3) is 0 Å². The first kappa shape index (κ1) is 13.0. The Labute approximate surface area is 117 Å². The molecule has 0 bridgehead atoms. The van der Waals surface area contributed by atoms with Crippen molar-refractivity contribution in [2.45, 2.75) is 13.1 Å². The van der Waals surface area contributed by atoms with Gasteiger partial charge in [-0.3, -0.25) is 0 Å². The maximum Gasteiger partial charge on any atom is 0.125 e. The normalized spacial score (nSPS) is 10.8. The van der Waals surface area contributed by atoms with Gasteiger partial charge in [-0.1, -0.05) is 11.6 Å². The lowest BCUT2D eigenvalue weighted by atomic mass is 10.2. The van der Waals surface area contributed by atoms with E-state index in [-0.39, 0.29) is 5.82 Å². The fraction of sp³-hybridized carbons (Fsp3) is 0.167. The maximum absolute atomic E-state index is 13.1. The molecular weight excluding hydrogens is 325 g/mol. The Morgan fingerprint density at radius 1 is 1.24 bits per heavy atom. The molecule has 0 saturated carbocycles. The van der Waals surface area contributed by atoms with E-state index < -0.39 is 0 Å². The van der Waals surface area contributed by atoms with Crippen LogP contribution in [0.5, 0.6) is 0 Å². The van der Waals surface area contributed by atoms with Crippen molar-refractivity contribution >= 4 is 38.9 Å². The molecule has 1 aromatic carbocycles. The van der Waals surface area contributed by atoms with E-state index in [0.717, 1.165) is 15.9 Å². The summed E-state index contributed by atoms with van der Waals surface area (Å²) in [6.45, 7) is 1.37. The minimum absolute atomic E-state index is 0.298. The number of nitrogens with one attached hydrogen (secondary N) is 1. The van der Waals surface area contributed by atoms with Crippen molar-refractivity contribution in [3.05, 3.63) is 55.4 Å². The van der Waals surface area contributed by atoms with Gasteiger partial charge in [0.15, 0.2) is 0 Å². The highest BCUT2D eigenvalue weighted by molar-refractivity contribution is 9.11. The number of benzene rings is 1. The first-order valence-corrected chi connectivity index (χ1v) is 7.02. The summed E-state index contributed by atoms with van der Waals surface area (Å²) in [6.07, 6.45) is 0. The van der Waals surface area contributed by atoms with Crippen LogP contribution in [0.1, 0.15) is 10.4 Å². The van der Waals surface area contributed by atoms with Gasteiger partial charge >= 0.3 is 0 Å². The van der Waals surface area contributed by atoms with Gasteiger partial charge < -0.3 is 5.32 Å². The lowest BCUT2D eigenvalue weighted by Gasteiger charge is -2.04. The van der Waals surface area contributed by atoms with Crippen LogP contribution in [0.3, 0.4) is 0 Å². The Kier molecular flexibility index (Phi) is 4.56. The van der Waals surface area contributed by atoms with Crippen molar-refractivity contribution in [3.8, 4) is 0 Å². The minimum Gasteiger partial charge on any atom is -0.308 e. The second kappa shape index (κ2) is 5.96. The summed E-state index contributed by atoms with van der Waals surface area (Å²) in [5, 5.41) is 3.68. The molecular formula is C12H10BrClFNS. The molecule has 0 radical (unpaired) electrons. The van der Waals surface area contributed by atoms with Crippen molar-refractivity contribution < 1.29 is 4.39 Å². The van der Waals surface area contributed by atoms with Gasteiger partial charge in [-0.05, 0) is 51.8 Å². The van der Waals surface area contributed by atoms with Crippen LogP contribution in [0, 0.1) is 5.82 Å². The summed E-state index contributed by atoms with van der Waals surface area (Å²) >= 11 is 10.9. The Morgan fingerprint density at radius 3 is 2.71 bits per heavy atom. The molecule has 0 aliphatic carbocycles. The molecule has 0 unspecified atom stereocenters. The van der Waals surface area contributed by atoms with Crippen molar-refractivity contribution in [3.63, 3.8) is 0 Å². The zero-order chi connectivity index (χ0) is 12.3. The monoisotopic (exact) mass is 333 g/mol. The predicted molar refractivity (Wildman–Crippen MR) is 74.0 cm³/mol. The summed E-state index contributed by atoms with van der Waals surface area (Å²) in [4.78, 5) is 1.24. The lowest BCUT2D eigenvalue weighted by molar-refractivity contribution is 0.620. The molecule has 1 aromatic heterocycles. The second-order valence-corrected chi connectivity index (χ2v) is 6.57. The van der Waals surface area contributed by atoms with Crippen LogP contribution in [-0.2, 0) is 13.1 Å². The zero-order valence-corrected chi connectivity index (χ0v) is 12.0. The van der Waals surface area contributed by atoms with Gasteiger partial charge in [0.2, 0.25) is 0 Å². The molecule has 1 nitrogen and oxygen atoms in total. The quantitative estimate of drug-likeness (QED) is 0.862. The summed E-state index contributed by atoms with van der Waals surface area (Å²) in [6, 6.07) is 8.63. The van der Waals surface area contributed by atoms with E-state index >= 15 is 0 Å². The third kappa shape index (κ3) is 4.07. The van der Waals surface area contributed by atoms with Gasteiger partial charge in [0.05, 0.1) is 3.79 Å². The van der Waals surface area contributed by atoms with E-state index in [1.54, 1.807) is 17.4 Å². The zero-order valence-electron chi connectivity index (χ0n) is 8.84. The number of thiophene rings is 1. The largest absolute Gasteiger partial charge is 0.308 e. The standard InChI is InChI=1S/C12H10BrClFNS/c13-12-2-1-11(17-12)7-16-6-8-3-9(14)5-10(15)4-8/h1-5,16H,6-7H2. The summed E-state index contributed by atoms with van der Waals surface area (Å²) in [5.74, 6) is -0.298.